The predicted octanol–water partition coefficient (Wildman–Crippen LogP) is 3.36. The number of hydrogen-bond donors (Lipinski definition) is 2. The van der Waals surface area contributed by atoms with Crippen molar-refractivity contribution in [3.05, 3.63) is 78.2 Å². The Morgan fingerprint density at radius 2 is 2.00 bits per heavy atom. The molecule has 8 nitrogen and oxygen atoms in total. The summed E-state index contributed by atoms with van der Waals surface area (Å²) in [5.41, 5.74) is 2.65. The van der Waals surface area contributed by atoms with Gasteiger partial charge in [-0.15, -0.1) is 0 Å². The number of rotatable bonds is 7. The van der Waals surface area contributed by atoms with E-state index in [2.05, 4.69) is 20.5 Å². The van der Waals surface area contributed by atoms with Gasteiger partial charge in [0.05, 0.1) is 17.6 Å². The molecule has 1 atom stereocenters. The Hall–Kier alpha value is -3.94. The van der Waals surface area contributed by atoms with Crippen molar-refractivity contribution in [3.63, 3.8) is 0 Å². The highest BCUT2D eigenvalue weighted by Gasteiger charge is 2.28. The van der Waals surface area contributed by atoms with Gasteiger partial charge in [0.1, 0.15) is 5.75 Å². The number of para-hydroxylation sites is 1. The Bertz CT molecular complexity index is 1200. The summed E-state index contributed by atoms with van der Waals surface area (Å²) in [5.74, 6) is 1.66. The highest BCUT2D eigenvalue weighted by Crippen LogP contribution is 2.28. The van der Waals surface area contributed by atoms with Gasteiger partial charge in [0.2, 0.25) is 0 Å². The molecule has 1 aromatic carbocycles. The molecular weight excluding hydrogens is 404 g/mol. The fraction of sp³-hybridized carbons (Fsp3) is 0.250. The molecule has 0 bridgehead atoms. The molecule has 3 aromatic heterocycles. The van der Waals surface area contributed by atoms with Crippen LogP contribution in [-0.2, 0) is 11.3 Å². The van der Waals surface area contributed by atoms with Crippen molar-refractivity contribution in [2.75, 3.05) is 25.0 Å². The molecule has 0 spiro atoms. The van der Waals surface area contributed by atoms with Crippen LogP contribution < -0.4 is 10.1 Å². The van der Waals surface area contributed by atoms with Crippen LogP contribution in [-0.4, -0.2) is 50.7 Å². The number of anilines is 1. The molecule has 4 aromatic rings. The van der Waals surface area contributed by atoms with Crippen LogP contribution in [0, 0.1) is 0 Å². The number of aromatic amines is 1. The number of carbonyl (C=O) groups excluding carboxylic acids is 1. The first kappa shape index (κ1) is 20.0. The first-order valence-electron chi connectivity index (χ1n) is 10.7. The van der Waals surface area contributed by atoms with Crippen molar-refractivity contribution in [3.8, 4) is 5.75 Å². The standard InChI is InChI=1S/C24H24N6O2/c31-22(16-32-19-7-2-1-3-8-19)30-13-11-17(15-30)21-10-9-20-23(28-29-24(20)27-21)26-14-18-6-4-5-12-25-18/h1-10,12,17H,11,13-16H2,(H2,26,27,28,29)/t17-/m0/s1. The summed E-state index contributed by atoms with van der Waals surface area (Å²) in [6, 6.07) is 19.3. The molecule has 1 aliphatic heterocycles. The van der Waals surface area contributed by atoms with E-state index in [1.54, 1.807) is 6.20 Å². The molecular formula is C24H24N6O2. The van der Waals surface area contributed by atoms with E-state index in [9.17, 15) is 4.79 Å². The molecule has 0 aliphatic carbocycles. The Balaban J connectivity index is 1.20. The van der Waals surface area contributed by atoms with Gasteiger partial charge in [-0.2, -0.15) is 5.10 Å². The topological polar surface area (TPSA) is 96.0 Å². The number of carbonyl (C=O) groups is 1. The molecule has 1 amide bonds. The average molecular weight is 428 g/mol. The van der Waals surface area contributed by atoms with Crippen LogP contribution in [0.5, 0.6) is 5.75 Å². The normalized spacial score (nSPS) is 15.8. The number of ether oxygens (including phenoxy) is 1. The summed E-state index contributed by atoms with van der Waals surface area (Å²) in [6.07, 6.45) is 2.66. The zero-order chi connectivity index (χ0) is 21.8. The smallest absolute Gasteiger partial charge is 0.260 e. The van der Waals surface area contributed by atoms with Crippen LogP contribution in [0.15, 0.2) is 66.9 Å². The Morgan fingerprint density at radius 1 is 1.12 bits per heavy atom. The van der Waals surface area contributed by atoms with E-state index in [1.165, 1.54) is 0 Å². The summed E-state index contributed by atoms with van der Waals surface area (Å²) < 4.78 is 5.60. The van der Waals surface area contributed by atoms with E-state index >= 15 is 0 Å². The number of H-pyrrole nitrogens is 1. The molecule has 162 valence electrons. The van der Waals surface area contributed by atoms with E-state index < -0.39 is 0 Å². The molecule has 1 saturated heterocycles. The Kier molecular flexibility index (Phi) is 5.65. The number of nitrogens with zero attached hydrogens (tertiary/aromatic N) is 4. The molecule has 32 heavy (non-hydrogen) atoms. The minimum atomic E-state index is -0.0000194. The molecule has 0 radical (unpaired) electrons. The summed E-state index contributed by atoms with van der Waals surface area (Å²) in [6.45, 7) is 2.00. The third-order valence-electron chi connectivity index (χ3n) is 5.67. The molecule has 0 saturated carbocycles. The van der Waals surface area contributed by atoms with Crippen LogP contribution >= 0.6 is 0 Å². The van der Waals surface area contributed by atoms with Gasteiger partial charge in [0.25, 0.3) is 5.91 Å². The minimum absolute atomic E-state index is 0.0000194. The maximum Gasteiger partial charge on any atom is 0.260 e. The number of nitrogens with one attached hydrogen (secondary N) is 2. The summed E-state index contributed by atoms with van der Waals surface area (Å²) in [7, 11) is 0. The number of amides is 1. The highest BCUT2D eigenvalue weighted by molar-refractivity contribution is 5.87. The fourth-order valence-corrected chi connectivity index (χ4v) is 3.94. The number of hydrogen-bond acceptors (Lipinski definition) is 6. The number of aromatic nitrogens is 4. The molecule has 5 rings (SSSR count). The van der Waals surface area contributed by atoms with Gasteiger partial charge in [-0.1, -0.05) is 24.3 Å². The third-order valence-corrected chi connectivity index (χ3v) is 5.67. The molecule has 8 heteroatoms. The third kappa shape index (κ3) is 4.39. The molecule has 1 aliphatic rings. The van der Waals surface area contributed by atoms with E-state index in [0.717, 1.165) is 34.7 Å². The number of pyridine rings is 2. The average Bonchev–Trinajstić information content (AvgIpc) is 3.50. The van der Waals surface area contributed by atoms with Crippen molar-refractivity contribution in [1.82, 2.24) is 25.1 Å². The second kappa shape index (κ2) is 9.05. The van der Waals surface area contributed by atoms with Gasteiger partial charge in [-0.3, -0.25) is 14.9 Å². The lowest BCUT2D eigenvalue weighted by Crippen LogP contribution is -2.32. The zero-order valence-electron chi connectivity index (χ0n) is 17.6. The Labute approximate surface area is 185 Å². The van der Waals surface area contributed by atoms with Gasteiger partial charge < -0.3 is 15.0 Å². The molecule has 0 unspecified atom stereocenters. The van der Waals surface area contributed by atoms with Gasteiger partial charge in [0, 0.05) is 30.9 Å². The number of benzene rings is 1. The van der Waals surface area contributed by atoms with Crippen molar-refractivity contribution >= 4 is 22.8 Å². The van der Waals surface area contributed by atoms with E-state index in [0.29, 0.717) is 25.4 Å². The van der Waals surface area contributed by atoms with Crippen molar-refractivity contribution in [2.45, 2.75) is 18.9 Å². The summed E-state index contributed by atoms with van der Waals surface area (Å²) in [4.78, 5) is 23.5. The van der Waals surface area contributed by atoms with Gasteiger partial charge >= 0.3 is 0 Å². The molecule has 4 heterocycles. The lowest BCUT2D eigenvalue weighted by atomic mass is 10.0. The quantitative estimate of drug-likeness (QED) is 0.469. The maximum absolute atomic E-state index is 12.6. The van der Waals surface area contributed by atoms with Crippen LogP contribution in [0.2, 0.25) is 0 Å². The summed E-state index contributed by atoms with van der Waals surface area (Å²) in [5, 5.41) is 11.6. The fourth-order valence-electron chi connectivity index (χ4n) is 3.94. The summed E-state index contributed by atoms with van der Waals surface area (Å²) >= 11 is 0. The highest BCUT2D eigenvalue weighted by atomic mass is 16.5. The van der Waals surface area contributed by atoms with E-state index in [4.69, 9.17) is 9.72 Å². The van der Waals surface area contributed by atoms with Crippen LogP contribution in [0.4, 0.5) is 5.82 Å². The molecule has 2 N–H and O–H groups in total. The van der Waals surface area contributed by atoms with Crippen LogP contribution in [0.1, 0.15) is 23.7 Å². The minimum Gasteiger partial charge on any atom is -0.484 e. The first-order valence-corrected chi connectivity index (χ1v) is 10.7. The predicted molar refractivity (Wildman–Crippen MR) is 121 cm³/mol. The number of fused-ring (bicyclic) bond motifs is 1. The van der Waals surface area contributed by atoms with E-state index in [-0.39, 0.29) is 18.4 Å². The van der Waals surface area contributed by atoms with Gasteiger partial charge in [0.15, 0.2) is 18.1 Å². The van der Waals surface area contributed by atoms with Gasteiger partial charge in [-0.25, -0.2) is 4.98 Å². The Morgan fingerprint density at radius 3 is 2.84 bits per heavy atom. The maximum atomic E-state index is 12.6. The second-order valence-electron chi connectivity index (χ2n) is 7.81. The van der Waals surface area contributed by atoms with Gasteiger partial charge in [-0.05, 0) is 42.8 Å². The molecule has 1 fully saturated rings. The lowest BCUT2D eigenvalue weighted by molar-refractivity contribution is -0.132. The van der Waals surface area contributed by atoms with E-state index in [1.807, 2.05) is 65.6 Å². The second-order valence-corrected chi connectivity index (χ2v) is 7.81. The van der Waals surface area contributed by atoms with Crippen LogP contribution in [0.25, 0.3) is 11.0 Å². The largest absolute Gasteiger partial charge is 0.484 e. The van der Waals surface area contributed by atoms with Crippen molar-refractivity contribution in [1.29, 1.82) is 0 Å². The zero-order valence-corrected chi connectivity index (χ0v) is 17.6. The SMILES string of the molecule is O=C(COc1ccccc1)N1CC[C@H](c2ccc3c(NCc4ccccn4)n[nH]c3n2)C1. The first-order chi connectivity index (χ1) is 15.8. The van der Waals surface area contributed by atoms with Crippen molar-refractivity contribution in [2.24, 2.45) is 0 Å². The lowest BCUT2D eigenvalue weighted by Gasteiger charge is -2.17. The van der Waals surface area contributed by atoms with Crippen molar-refractivity contribution < 1.29 is 9.53 Å². The monoisotopic (exact) mass is 428 g/mol. The number of likely N-dealkylation sites (tertiary alicyclic amines) is 1. The van der Waals surface area contributed by atoms with Crippen LogP contribution in [0.3, 0.4) is 0 Å².